The second-order valence-corrected chi connectivity index (χ2v) is 8.15. The SMILES string of the molecule is Nc1cccc(Nc2nccc(-c3ccc(NC(=O)C(c4ccco4)N4CCOCC4)cc3)n2)c1. The summed E-state index contributed by atoms with van der Waals surface area (Å²) in [6.45, 7) is 2.51. The predicted octanol–water partition coefficient (Wildman–Crippen LogP) is 4.07. The van der Waals surface area contributed by atoms with E-state index < -0.39 is 6.04 Å². The van der Waals surface area contributed by atoms with Crippen LogP contribution in [0.2, 0.25) is 0 Å². The highest BCUT2D eigenvalue weighted by Crippen LogP contribution is 2.26. The summed E-state index contributed by atoms with van der Waals surface area (Å²) in [6.07, 6.45) is 3.28. The summed E-state index contributed by atoms with van der Waals surface area (Å²) in [7, 11) is 0. The van der Waals surface area contributed by atoms with Crippen molar-refractivity contribution >= 4 is 28.9 Å². The van der Waals surface area contributed by atoms with Crippen LogP contribution in [0.4, 0.5) is 23.0 Å². The van der Waals surface area contributed by atoms with Gasteiger partial charge in [-0.05, 0) is 48.5 Å². The van der Waals surface area contributed by atoms with Crippen LogP contribution >= 0.6 is 0 Å². The van der Waals surface area contributed by atoms with Gasteiger partial charge in [0.25, 0.3) is 0 Å². The van der Waals surface area contributed by atoms with Crippen molar-refractivity contribution in [2.45, 2.75) is 6.04 Å². The van der Waals surface area contributed by atoms with Crippen molar-refractivity contribution in [3.05, 3.63) is 85.0 Å². The number of rotatable bonds is 7. The minimum Gasteiger partial charge on any atom is -0.467 e. The van der Waals surface area contributed by atoms with Gasteiger partial charge in [0.2, 0.25) is 11.9 Å². The summed E-state index contributed by atoms with van der Waals surface area (Å²) in [5.74, 6) is 0.935. The lowest BCUT2D eigenvalue weighted by atomic mass is 10.1. The monoisotopic (exact) mass is 470 g/mol. The summed E-state index contributed by atoms with van der Waals surface area (Å²) < 4.78 is 11.0. The van der Waals surface area contributed by atoms with Crippen LogP contribution in [0, 0.1) is 0 Å². The molecule has 1 atom stereocenters. The Labute approximate surface area is 202 Å². The zero-order chi connectivity index (χ0) is 24.0. The molecule has 1 unspecified atom stereocenters. The number of aromatic nitrogens is 2. The molecule has 1 amide bonds. The Balaban J connectivity index is 1.29. The number of nitrogens with two attached hydrogens (primary N) is 1. The third-order valence-corrected chi connectivity index (χ3v) is 5.72. The van der Waals surface area contributed by atoms with Crippen LogP contribution < -0.4 is 16.4 Å². The molecule has 178 valence electrons. The van der Waals surface area contributed by atoms with Gasteiger partial charge in [-0.3, -0.25) is 9.69 Å². The van der Waals surface area contributed by atoms with Crippen LogP contribution in [0.15, 0.2) is 83.6 Å². The summed E-state index contributed by atoms with van der Waals surface area (Å²) in [4.78, 5) is 24.2. The van der Waals surface area contributed by atoms with Gasteiger partial charge in [0.1, 0.15) is 11.8 Å². The largest absolute Gasteiger partial charge is 0.467 e. The van der Waals surface area contributed by atoms with Crippen molar-refractivity contribution in [2.75, 3.05) is 42.7 Å². The number of carbonyl (C=O) groups is 1. The second-order valence-electron chi connectivity index (χ2n) is 8.15. The fraction of sp³-hybridized carbons (Fsp3) is 0.192. The highest BCUT2D eigenvalue weighted by atomic mass is 16.5. The number of hydrogen-bond acceptors (Lipinski definition) is 8. The molecular formula is C26H26N6O3. The van der Waals surface area contributed by atoms with Crippen LogP contribution in [0.3, 0.4) is 0 Å². The number of hydrogen-bond donors (Lipinski definition) is 3. The number of nitrogen functional groups attached to an aromatic ring is 1. The second kappa shape index (κ2) is 10.4. The molecule has 0 spiro atoms. The fourth-order valence-corrected chi connectivity index (χ4v) is 4.02. The summed E-state index contributed by atoms with van der Waals surface area (Å²) in [5.41, 5.74) is 9.66. The van der Waals surface area contributed by atoms with E-state index in [9.17, 15) is 4.79 Å². The first-order valence-electron chi connectivity index (χ1n) is 11.4. The molecule has 2 aromatic heterocycles. The molecule has 1 saturated heterocycles. The predicted molar refractivity (Wildman–Crippen MR) is 134 cm³/mol. The first-order valence-corrected chi connectivity index (χ1v) is 11.4. The molecule has 1 aliphatic heterocycles. The van der Waals surface area contributed by atoms with Gasteiger partial charge < -0.3 is 25.5 Å². The molecule has 1 aliphatic rings. The van der Waals surface area contributed by atoms with Crippen LogP contribution in [-0.2, 0) is 9.53 Å². The Morgan fingerprint density at radius 3 is 2.57 bits per heavy atom. The molecular weight excluding hydrogens is 444 g/mol. The maximum Gasteiger partial charge on any atom is 0.249 e. The van der Waals surface area contributed by atoms with Crippen LogP contribution in [0.5, 0.6) is 0 Å². The van der Waals surface area contributed by atoms with E-state index in [0.717, 1.165) is 16.9 Å². The molecule has 2 aromatic carbocycles. The van der Waals surface area contributed by atoms with Gasteiger partial charge in [0.15, 0.2) is 0 Å². The number of nitrogens with zero attached hydrogens (tertiary/aromatic N) is 3. The topological polar surface area (TPSA) is 119 Å². The Morgan fingerprint density at radius 1 is 1.00 bits per heavy atom. The maximum atomic E-state index is 13.2. The molecule has 0 radical (unpaired) electrons. The molecule has 0 aliphatic carbocycles. The van der Waals surface area contributed by atoms with Gasteiger partial charge in [-0.2, -0.15) is 0 Å². The minimum absolute atomic E-state index is 0.148. The van der Waals surface area contributed by atoms with Crippen molar-refractivity contribution in [2.24, 2.45) is 0 Å². The van der Waals surface area contributed by atoms with Crippen molar-refractivity contribution in [1.29, 1.82) is 0 Å². The van der Waals surface area contributed by atoms with Crippen LogP contribution in [0.25, 0.3) is 11.3 Å². The van der Waals surface area contributed by atoms with Gasteiger partial charge in [-0.1, -0.05) is 18.2 Å². The molecule has 0 bridgehead atoms. The zero-order valence-corrected chi connectivity index (χ0v) is 19.1. The Hall–Kier alpha value is -4.21. The van der Waals surface area contributed by atoms with Crippen molar-refractivity contribution in [3.8, 4) is 11.3 Å². The van der Waals surface area contributed by atoms with E-state index >= 15 is 0 Å². The van der Waals surface area contributed by atoms with Crippen molar-refractivity contribution < 1.29 is 13.9 Å². The van der Waals surface area contributed by atoms with Gasteiger partial charge >= 0.3 is 0 Å². The quantitative estimate of drug-likeness (QED) is 0.346. The van der Waals surface area contributed by atoms with Gasteiger partial charge in [0, 0.05) is 41.9 Å². The number of anilines is 4. The number of ether oxygens (including phenoxy) is 1. The average molecular weight is 471 g/mol. The number of furan rings is 1. The minimum atomic E-state index is -0.518. The van der Waals surface area contributed by atoms with E-state index in [0.29, 0.717) is 49.4 Å². The van der Waals surface area contributed by atoms with E-state index in [-0.39, 0.29) is 5.91 Å². The first kappa shape index (κ1) is 22.6. The number of morpholine rings is 1. The molecule has 3 heterocycles. The van der Waals surface area contributed by atoms with E-state index in [1.165, 1.54) is 0 Å². The van der Waals surface area contributed by atoms with Gasteiger partial charge in [-0.15, -0.1) is 0 Å². The maximum absolute atomic E-state index is 13.2. The smallest absolute Gasteiger partial charge is 0.249 e. The summed E-state index contributed by atoms with van der Waals surface area (Å²) in [5, 5.41) is 6.18. The fourth-order valence-electron chi connectivity index (χ4n) is 4.02. The highest BCUT2D eigenvalue weighted by Gasteiger charge is 2.31. The van der Waals surface area contributed by atoms with Crippen molar-refractivity contribution in [3.63, 3.8) is 0 Å². The van der Waals surface area contributed by atoms with E-state index in [2.05, 4.69) is 25.5 Å². The number of nitrogens with one attached hydrogen (secondary N) is 2. The lowest BCUT2D eigenvalue weighted by molar-refractivity contribution is -0.124. The molecule has 0 saturated carbocycles. The van der Waals surface area contributed by atoms with Crippen molar-refractivity contribution in [1.82, 2.24) is 14.9 Å². The highest BCUT2D eigenvalue weighted by molar-refractivity contribution is 5.95. The van der Waals surface area contributed by atoms with Gasteiger partial charge in [-0.25, -0.2) is 9.97 Å². The van der Waals surface area contributed by atoms with E-state index in [1.807, 2.05) is 60.7 Å². The summed E-state index contributed by atoms with van der Waals surface area (Å²) >= 11 is 0. The van der Waals surface area contributed by atoms with Gasteiger partial charge in [0.05, 0.1) is 25.2 Å². The molecule has 4 N–H and O–H groups in total. The third kappa shape index (κ3) is 5.48. The molecule has 1 fully saturated rings. The molecule has 4 aromatic rings. The Bertz CT molecular complexity index is 1270. The normalized spacial score (nSPS) is 14.9. The Morgan fingerprint density at radius 2 is 1.83 bits per heavy atom. The summed E-state index contributed by atoms with van der Waals surface area (Å²) in [6, 6.07) is 19.9. The molecule has 9 heteroatoms. The van der Waals surface area contributed by atoms with E-state index in [1.54, 1.807) is 18.5 Å². The number of amides is 1. The van der Waals surface area contributed by atoms with E-state index in [4.69, 9.17) is 14.9 Å². The zero-order valence-electron chi connectivity index (χ0n) is 19.1. The molecule has 9 nitrogen and oxygen atoms in total. The standard InChI is InChI=1S/C26H26N6O3/c27-19-3-1-4-21(17-19)30-26-28-11-10-22(31-26)18-6-8-20(9-7-18)29-25(33)24(23-5-2-14-35-23)32-12-15-34-16-13-32/h1-11,14,17,24H,12-13,15-16,27H2,(H,29,33)(H,28,30,31). The lowest BCUT2D eigenvalue weighted by Crippen LogP contribution is -2.43. The third-order valence-electron chi connectivity index (χ3n) is 5.72. The first-order chi connectivity index (χ1) is 17.2. The molecule has 35 heavy (non-hydrogen) atoms. The molecule has 5 rings (SSSR count). The average Bonchev–Trinajstić information content (AvgIpc) is 3.40. The number of carbonyl (C=O) groups excluding carboxylic acids is 1. The lowest BCUT2D eigenvalue weighted by Gasteiger charge is -2.32. The van der Waals surface area contributed by atoms with Crippen LogP contribution in [-0.4, -0.2) is 47.1 Å². The number of benzene rings is 2. The Kier molecular flexibility index (Phi) is 6.69. The van der Waals surface area contributed by atoms with Crippen LogP contribution in [0.1, 0.15) is 11.8 Å².